The summed E-state index contributed by atoms with van der Waals surface area (Å²) in [7, 11) is 0. The molecule has 1 aromatic carbocycles. The highest BCUT2D eigenvalue weighted by atomic mass is 35.5. The first-order valence-corrected chi connectivity index (χ1v) is 6.48. The molecular weight excluding hydrogens is 286 g/mol. The Labute approximate surface area is 122 Å². The summed E-state index contributed by atoms with van der Waals surface area (Å²) in [4.78, 5) is 13.9. The fraction of sp³-hybridized carbons (Fsp3) is 0.500. The van der Waals surface area contributed by atoms with Gasteiger partial charge in [0.15, 0.2) is 0 Å². The molecule has 0 radical (unpaired) electrons. The monoisotopic (exact) mass is 302 g/mol. The Bertz CT molecular complexity index is 536. The van der Waals surface area contributed by atoms with Crippen LogP contribution in [-0.2, 0) is 11.2 Å². The summed E-state index contributed by atoms with van der Waals surface area (Å²) in [5, 5.41) is 2.62. The largest absolute Gasteiger partial charge is 0.310 e. The van der Waals surface area contributed by atoms with Gasteiger partial charge in [0, 0.05) is 18.7 Å². The number of anilines is 1. The van der Waals surface area contributed by atoms with Crippen molar-refractivity contribution in [3.05, 3.63) is 29.3 Å². The molecule has 1 unspecified atom stereocenters. The van der Waals surface area contributed by atoms with Crippen molar-refractivity contribution in [1.29, 1.82) is 0 Å². The average molecular weight is 303 g/mol. The van der Waals surface area contributed by atoms with Crippen LogP contribution in [0.25, 0.3) is 0 Å². The number of nitrogens with one attached hydrogen (secondary N) is 1. The standard InChI is InChI=1S/C14H16F2N2O.ClH/c1-9-2-3-12-10(6-9)4-5-18(12)13(19)11-7-14(15,16)8-17-11;/h2-3,6,11,17H,4-5,7-8H2,1H3;1H. The predicted octanol–water partition coefficient (Wildman–Crippen LogP) is 2.30. The third-order valence-electron chi connectivity index (χ3n) is 3.80. The molecule has 0 saturated carbocycles. The molecule has 1 N–H and O–H groups in total. The van der Waals surface area contributed by atoms with Crippen LogP contribution in [0.1, 0.15) is 17.5 Å². The van der Waals surface area contributed by atoms with Gasteiger partial charge in [0.25, 0.3) is 5.92 Å². The van der Waals surface area contributed by atoms with Crippen LogP contribution in [0, 0.1) is 6.92 Å². The number of aryl methyl sites for hydroxylation is 1. The van der Waals surface area contributed by atoms with E-state index in [0.717, 1.165) is 23.2 Å². The lowest BCUT2D eigenvalue weighted by molar-refractivity contribution is -0.120. The number of hydrogen-bond donors (Lipinski definition) is 1. The summed E-state index contributed by atoms with van der Waals surface area (Å²) < 4.78 is 26.3. The molecule has 2 aliphatic rings. The predicted molar refractivity (Wildman–Crippen MR) is 75.8 cm³/mol. The molecular formula is C14H17ClF2N2O. The lowest BCUT2D eigenvalue weighted by Crippen LogP contribution is -2.42. The molecule has 2 aliphatic heterocycles. The van der Waals surface area contributed by atoms with Crippen molar-refractivity contribution in [3.8, 4) is 0 Å². The molecule has 1 atom stereocenters. The van der Waals surface area contributed by atoms with Crippen molar-refractivity contribution in [2.24, 2.45) is 0 Å². The SMILES string of the molecule is Cc1ccc2c(c1)CCN2C(=O)C1CC(F)(F)CN1.Cl. The molecule has 3 nitrogen and oxygen atoms in total. The number of benzene rings is 1. The van der Waals surface area contributed by atoms with E-state index < -0.39 is 24.9 Å². The highest BCUT2D eigenvalue weighted by Crippen LogP contribution is 2.32. The first-order valence-electron chi connectivity index (χ1n) is 6.48. The van der Waals surface area contributed by atoms with Crippen LogP contribution in [0.3, 0.4) is 0 Å². The molecule has 0 bridgehead atoms. The Morgan fingerprint density at radius 2 is 2.20 bits per heavy atom. The molecule has 1 fully saturated rings. The molecule has 6 heteroatoms. The molecule has 1 amide bonds. The number of carbonyl (C=O) groups excluding carboxylic acids is 1. The van der Waals surface area contributed by atoms with E-state index in [9.17, 15) is 13.6 Å². The van der Waals surface area contributed by atoms with Gasteiger partial charge in [0.1, 0.15) is 0 Å². The first-order chi connectivity index (χ1) is 8.96. The molecule has 110 valence electrons. The summed E-state index contributed by atoms with van der Waals surface area (Å²) in [6.45, 7) is 2.18. The van der Waals surface area contributed by atoms with Crippen LogP contribution < -0.4 is 10.2 Å². The second kappa shape index (κ2) is 5.30. The smallest absolute Gasteiger partial charge is 0.262 e. The zero-order valence-corrected chi connectivity index (χ0v) is 12.0. The number of halogens is 3. The molecule has 0 spiro atoms. The van der Waals surface area contributed by atoms with Crippen molar-refractivity contribution in [1.82, 2.24) is 5.32 Å². The van der Waals surface area contributed by atoms with E-state index in [2.05, 4.69) is 11.4 Å². The summed E-state index contributed by atoms with van der Waals surface area (Å²) in [6.07, 6.45) is 0.398. The third-order valence-corrected chi connectivity index (χ3v) is 3.80. The van der Waals surface area contributed by atoms with Crippen molar-refractivity contribution >= 4 is 24.0 Å². The minimum Gasteiger partial charge on any atom is -0.310 e. The maximum absolute atomic E-state index is 13.2. The number of carbonyl (C=O) groups is 1. The quantitative estimate of drug-likeness (QED) is 0.863. The third kappa shape index (κ3) is 2.65. The van der Waals surface area contributed by atoms with Crippen LogP contribution in [0.5, 0.6) is 0 Å². The maximum atomic E-state index is 13.2. The Morgan fingerprint density at radius 1 is 1.45 bits per heavy atom. The van der Waals surface area contributed by atoms with Gasteiger partial charge < -0.3 is 4.90 Å². The van der Waals surface area contributed by atoms with Crippen molar-refractivity contribution < 1.29 is 13.6 Å². The topological polar surface area (TPSA) is 32.3 Å². The van der Waals surface area contributed by atoms with E-state index in [-0.39, 0.29) is 18.3 Å². The number of nitrogens with zero attached hydrogens (tertiary/aromatic N) is 1. The summed E-state index contributed by atoms with van der Waals surface area (Å²) in [5.74, 6) is -3.00. The molecule has 20 heavy (non-hydrogen) atoms. The van der Waals surface area contributed by atoms with Gasteiger partial charge in [0.05, 0.1) is 12.6 Å². The Kier molecular flexibility index (Phi) is 4.02. The van der Waals surface area contributed by atoms with E-state index in [4.69, 9.17) is 0 Å². The van der Waals surface area contributed by atoms with Crippen LogP contribution in [0.2, 0.25) is 0 Å². The fourth-order valence-corrected chi connectivity index (χ4v) is 2.84. The van der Waals surface area contributed by atoms with Crippen molar-refractivity contribution in [3.63, 3.8) is 0 Å². The second-order valence-corrected chi connectivity index (χ2v) is 5.37. The van der Waals surface area contributed by atoms with Gasteiger partial charge in [-0.3, -0.25) is 10.1 Å². The summed E-state index contributed by atoms with van der Waals surface area (Å²) in [5.41, 5.74) is 3.14. The molecule has 1 saturated heterocycles. The normalized spacial score (nSPS) is 23.4. The summed E-state index contributed by atoms with van der Waals surface area (Å²) in [6, 6.07) is 5.14. The van der Waals surface area contributed by atoms with Gasteiger partial charge in [-0.05, 0) is 25.0 Å². The van der Waals surface area contributed by atoms with Gasteiger partial charge in [-0.1, -0.05) is 17.7 Å². The molecule has 1 aromatic rings. The zero-order valence-electron chi connectivity index (χ0n) is 11.2. The lowest BCUT2D eigenvalue weighted by atomic mass is 10.1. The van der Waals surface area contributed by atoms with Gasteiger partial charge in [-0.25, -0.2) is 8.78 Å². The lowest BCUT2D eigenvalue weighted by Gasteiger charge is -2.21. The zero-order chi connectivity index (χ0) is 13.6. The van der Waals surface area contributed by atoms with Crippen LogP contribution in [0.15, 0.2) is 18.2 Å². The van der Waals surface area contributed by atoms with Crippen LogP contribution in [0.4, 0.5) is 14.5 Å². The number of amides is 1. The van der Waals surface area contributed by atoms with E-state index in [0.29, 0.717) is 6.54 Å². The van der Waals surface area contributed by atoms with Gasteiger partial charge in [-0.15, -0.1) is 12.4 Å². The molecule has 0 aromatic heterocycles. The van der Waals surface area contributed by atoms with Gasteiger partial charge >= 0.3 is 0 Å². The Balaban J connectivity index is 0.00000147. The van der Waals surface area contributed by atoms with Gasteiger partial charge in [0.2, 0.25) is 5.91 Å². The Hall–Kier alpha value is -1.20. The van der Waals surface area contributed by atoms with Gasteiger partial charge in [-0.2, -0.15) is 0 Å². The van der Waals surface area contributed by atoms with E-state index in [1.807, 2.05) is 19.1 Å². The van der Waals surface area contributed by atoms with E-state index in [1.54, 1.807) is 4.90 Å². The van der Waals surface area contributed by atoms with Crippen molar-refractivity contribution in [2.45, 2.75) is 31.7 Å². The first kappa shape index (κ1) is 15.2. The van der Waals surface area contributed by atoms with Crippen molar-refractivity contribution in [2.75, 3.05) is 18.0 Å². The van der Waals surface area contributed by atoms with Crippen LogP contribution >= 0.6 is 12.4 Å². The fourth-order valence-electron chi connectivity index (χ4n) is 2.84. The average Bonchev–Trinajstić information content (AvgIpc) is 2.91. The molecule has 3 rings (SSSR count). The minimum absolute atomic E-state index is 0. The highest BCUT2D eigenvalue weighted by Gasteiger charge is 2.44. The van der Waals surface area contributed by atoms with E-state index in [1.165, 1.54) is 0 Å². The Morgan fingerprint density at radius 3 is 2.85 bits per heavy atom. The summed E-state index contributed by atoms with van der Waals surface area (Å²) >= 11 is 0. The number of alkyl halides is 2. The number of hydrogen-bond acceptors (Lipinski definition) is 2. The number of fused-ring (bicyclic) bond motifs is 1. The molecule has 0 aliphatic carbocycles. The number of rotatable bonds is 1. The molecule has 2 heterocycles. The highest BCUT2D eigenvalue weighted by molar-refractivity contribution is 5.99. The minimum atomic E-state index is -2.77. The van der Waals surface area contributed by atoms with Crippen LogP contribution in [-0.4, -0.2) is 31.0 Å². The van der Waals surface area contributed by atoms with E-state index >= 15 is 0 Å². The maximum Gasteiger partial charge on any atom is 0.262 e. The second-order valence-electron chi connectivity index (χ2n) is 5.37.